The molecule has 0 aromatic carbocycles. The van der Waals surface area contributed by atoms with E-state index in [1.165, 1.54) is 0 Å². The Kier molecular flexibility index (Phi) is 4.79. The highest BCUT2D eigenvalue weighted by Crippen LogP contribution is 2.25. The minimum Gasteiger partial charge on any atom is -0.394 e. The first-order valence-corrected chi connectivity index (χ1v) is 8.10. The van der Waals surface area contributed by atoms with Gasteiger partial charge in [-0.05, 0) is 36.8 Å². The first-order valence-electron chi connectivity index (χ1n) is 5.82. The highest BCUT2D eigenvalue weighted by atomic mass is 32.2. The van der Waals surface area contributed by atoms with E-state index in [2.05, 4.69) is 21.5 Å². The van der Waals surface area contributed by atoms with Crippen molar-refractivity contribution in [1.29, 1.82) is 0 Å². The largest absolute Gasteiger partial charge is 0.394 e. The Morgan fingerprint density at radius 1 is 1.50 bits per heavy atom. The summed E-state index contributed by atoms with van der Waals surface area (Å²) in [6, 6.07) is 2.07. The van der Waals surface area contributed by atoms with Crippen molar-refractivity contribution < 1.29 is 5.11 Å². The van der Waals surface area contributed by atoms with Crippen LogP contribution in [0.15, 0.2) is 11.4 Å². The summed E-state index contributed by atoms with van der Waals surface area (Å²) in [6.45, 7) is 2.01. The number of anilines is 1. The van der Waals surface area contributed by atoms with E-state index in [-0.39, 0.29) is 12.6 Å². The van der Waals surface area contributed by atoms with Gasteiger partial charge in [0.15, 0.2) is 0 Å². The van der Waals surface area contributed by atoms with Crippen molar-refractivity contribution >= 4 is 39.1 Å². The number of aromatic nitrogens is 2. The lowest BCUT2D eigenvalue weighted by Gasteiger charge is -2.17. The summed E-state index contributed by atoms with van der Waals surface area (Å²) in [6.07, 6.45) is 2.99. The Hall–Kier alpha value is -0.850. The molecule has 0 saturated heterocycles. The summed E-state index contributed by atoms with van der Waals surface area (Å²) in [5, 5.41) is 15.8. The number of fused-ring (bicyclic) bond motifs is 1. The molecule has 98 valence electrons. The Bertz CT molecular complexity index is 515. The maximum atomic E-state index is 9.39. The van der Waals surface area contributed by atoms with Gasteiger partial charge in [-0.1, -0.05) is 0 Å². The van der Waals surface area contributed by atoms with Gasteiger partial charge in [0.05, 0.1) is 18.0 Å². The molecular formula is C12H17N3OS2. The van der Waals surface area contributed by atoms with E-state index < -0.39 is 0 Å². The van der Waals surface area contributed by atoms with Crippen molar-refractivity contribution in [1.82, 2.24) is 9.97 Å². The lowest BCUT2D eigenvalue weighted by molar-refractivity contribution is 0.272. The van der Waals surface area contributed by atoms with Gasteiger partial charge in [0.2, 0.25) is 0 Å². The Morgan fingerprint density at radius 3 is 3.06 bits per heavy atom. The van der Waals surface area contributed by atoms with Crippen LogP contribution in [-0.4, -0.2) is 39.7 Å². The molecule has 2 rings (SSSR count). The molecule has 18 heavy (non-hydrogen) atoms. The van der Waals surface area contributed by atoms with Crippen molar-refractivity contribution in [2.24, 2.45) is 0 Å². The van der Waals surface area contributed by atoms with Crippen molar-refractivity contribution in [2.45, 2.75) is 19.4 Å². The number of nitrogens with zero attached hydrogens (tertiary/aromatic N) is 2. The van der Waals surface area contributed by atoms with E-state index in [1.54, 1.807) is 23.1 Å². The molecule has 0 unspecified atom stereocenters. The van der Waals surface area contributed by atoms with E-state index in [0.717, 1.165) is 34.0 Å². The van der Waals surface area contributed by atoms with Crippen LogP contribution in [0.2, 0.25) is 0 Å². The van der Waals surface area contributed by atoms with Crippen molar-refractivity contribution in [2.75, 3.05) is 23.9 Å². The minimum absolute atomic E-state index is 0.0508. The van der Waals surface area contributed by atoms with E-state index in [1.807, 2.05) is 18.4 Å². The summed E-state index contributed by atoms with van der Waals surface area (Å²) < 4.78 is 0. The van der Waals surface area contributed by atoms with E-state index in [0.29, 0.717) is 0 Å². The summed E-state index contributed by atoms with van der Waals surface area (Å²) in [5.41, 5.74) is 0. The third kappa shape index (κ3) is 3.13. The number of thioether (sulfide) groups is 1. The van der Waals surface area contributed by atoms with Crippen LogP contribution in [0.25, 0.3) is 10.2 Å². The fourth-order valence-electron chi connectivity index (χ4n) is 1.73. The molecule has 2 aromatic rings. The minimum atomic E-state index is 0.0508. The molecule has 0 aliphatic rings. The summed E-state index contributed by atoms with van der Waals surface area (Å²) in [5.74, 6) is 2.61. The number of hydrogen-bond donors (Lipinski definition) is 2. The SMILES string of the molecule is CSCC[C@@H](CO)Nc1nc(C)nc2sccc12. The summed E-state index contributed by atoms with van der Waals surface area (Å²) in [7, 11) is 0. The predicted molar refractivity (Wildman–Crippen MR) is 79.6 cm³/mol. The lowest BCUT2D eigenvalue weighted by atomic mass is 10.2. The third-order valence-electron chi connectivity index (χ3n) is 2.67. The number of hydrogen-bond acceptors (Lipinski definition) is 6. The average molecular weight is 283 g/mol. The number of rotatable bonds is 6. The zero-order valence-electron chi connectivity index (χ0n) is 10.5. The van der Waals surface area contributed by atoms with E-state index in [4.69, 9.17) is 0 Å². The molecule has 6 heteroatoms. The van der Waals surface area contributed by atoms with Crippen LogP contribution in [0.3, 0.4) is 0 Å². The molecule has 0 fully saturated rings. The fourth-order valence-corrected chi connectivity index (χ4v) is 3.06. The van der Waals surface area contributed by atoms with Crippen LogP contribution in [-0.2, 0) is 0 Å². The molecule has 1 atom stereocenters. The molecule has 4 nitrogen and oxygen atoms in total. The molecule has 2 N–H and O–H groups in total. The van der Waals surface area contributed by atoms with Gasteiger partial charge in [0, 0.05) is 0 Å². The average Bonchev–Trinajstić information content (AvgIpc) is 2.82. The molecule has 0 amide bonds. The standard InChI is InChI=1S/C12H17N3OS2/c1-8-13-11(10-4-6-18-12(10)14-8)15-9(7-16)3-5-17-2/h4,6,9,16H,3,5,7H2,1-2H3,(H,13,14,15)/t9-/m0/s1. The van der Waals surface area contributed by atoms with E-state index >= 15 is 0 Å². The molecule has 0 bridgehead atoms. The lowest BCUT2D eigenvalue weighted by Crippen LogP contribution is -2.25. The maximum absolute atomic E-state index is 9.39. The monoisotopic (exact) mass is 283 g/mol. The maximum Gasteiger partial charge on any atom is 0.138 e. The fraction of sp³-hybridized carbons (Fsp3) is 0.500. The van der Waals surface area contributed by atoms with Gasteiger partial charge in [-0.25, -0.2) is 9.97 Å². The Morgan fingerprint density at radius 2 is 2.33 bits per heavy atom. The molecule has 0 aliphatic carbocycles. The third-order valence-corrected chi connectivity index (χ3v) is 4.12. The van der Waals surface area contributed by atoms with Crippen LogP contribution in [0, 0.1) is 6.92 Å². The number of aryl methyl sites for hydroxylation is 1. The zero-order chi connectivity index (χ0) is 13.0. The van der Waals surface area contributed by atoms with Crippen LogP contribution >= 0.6 is 23.1 Å². The van der Waals surface area contributed by atoms with Gasteiger partial charge >= 0.3 is 0 Å². The Balaban J connectivity index is 2.21. The number of nitrogens with one attached hydrogen (secondary N) is 1. The van der Waals surface area contributed by atoms with Gasteiger partial charge in [0.1, 0.15) is 16.5 Å². The highest BCUT2D eigenvalue weighted by molar-refractivity contribution is 7.98. The number of aliphatic hydroxyl groups is 1. The Labute approximate surface area is 115 Å². The molecule has 2 aromatic heterocycles. The van der Waals surface area contributed by atoms with Gasteiger partial charge in [-0.3, -0.25) is 0 Å². The topological polar surface area (TPSA) is 58.0 Å². The molecule has 2 heterocycles. The number of aliphatic hydroxyl groups excluding tert-OH is 1. The predicted octanol–water partition coefficient (Wildman–Crippen LogP) is 2.53. The summed E-state index contributed by atoms with van der Waals surface area (Å²) in [4.78, 5) is 9.82. The molecule has 0 saturated carbocycles. The first-order chi connectivity index (χ1) is 8.74. The van der Waals surface area contributed by atoms with Crippen molar-refractivity contribution in [3.05, 3.63) is 17.3 Å². The smallest absolute Gasteiger partial charge is 0.138 e. The van der Waals surface area contributed by atoms with Crippen LogP contribution < -0.4 is 5.32 Å². The normalized spacial score (nSPS) is 12.8. The van der Waals surface area contributed by atoms with Gasteiger partial charge in [-0.15, -0.1) is 11.3 Å². The van der Waals surface area contributed by atoms with Crippen LogP contribution in [0.4, 0.5) is 5.82 Å². The van der Waals surface area contributed by atoms with E-state index in [9.17, 15) is 5.11 Å². The quantitative estimate of drug-likeness (QED) is 0.853. The van der Waals surface area contributed by atoms with Gasteiger partial charge < -0.3 is 10.4 Å². The molecule has 0 aliphatic heterocycles. The molecular weight excluding hydrogens is 266 g/mol. The summed E-state index contributed by atoms with van der Waals surface area (Å²) >= 11 is 3.39. The first kappa shape index (κ1) is 13.6. The van der Waals surface area contributed by atoms with Crippen LogP contribution in [0.5, 0.6) is 0 Å². The zero-order valence-corrected chi connectivity index (χ0v) is 12.1. The van der Waals surface area contributed by atoms with Gasteiger partial charge in [0.25, 0.3) is 0 Å². The number of thiophene rings is 1. The second-order valence-electron chi connectivity index (χ2n) is 4.06. The van der Waals surface area contributed by atoms with Crippen molar-refractivity contribution in [3.63, 3.8) is 0 Å². The van der Waals surface area contributed by atoms with Crippen LogP contribution in [0.1, 0.15) is 12.2 Å². The molecule has 0 spiro atoms. The second kappa shape index (κ2) is 6.36. The second-order valence-corrected chi connectivity index (χ2v) is 5.94. The molecule has 0 radical (unpaired) electrons. The van der Waals surface area contributed by atoms with Gasteiger partial charge in [-0.2, -0.15) is 11.8 Å². The highest BCUT2D eigenvalue weighted by Gasteiger charge is 2.12. The van der Waals surface area contributed by atoms with Crippen molar-refractivity contribution in [3.8, 4) is 0 Å².